The molecule has 0 amide bonds. The average Bonchev–Trinajstić information content (AvgIpc) is 2.25. The summed E-state index contributed by atoms with van der Waals surface area (Å²) in [5, 5.41) is 0. The first-order valence-corrected chi connectivity index (χ1v) is 8.90. The van der Waals surface area contributed by atoms with Gasteiger partial charge >= 0.3 is 0 Å². The van der Waals surface area contributed by atoms with Crippen molar-refractivity contribution in [2.75, 3.05) is 24.6 Å². The van der Waals surface area contributed by atoms with Crippen LogP contribution in [0.25, 0.3) is 0 Å². The number of hydrogen-bond acceptors (Lipinski definition) is 3. The summed E-state index contributed by atoms with van der Waals surface area (Å²) in [5.74, 6) is 2.54. The molecule has 2 nitrogen and oxygen atoms in total. The van der Waals surface area contributed by atoms with Crippen molar-refractivity contribution in [3.8, 4) is 0 Å². The normalized spacial score (nSPS) is 34.1. The molecule has 0 aromatic rings. The molecule has 112 valence electrons. The maximum atomic E-state index is 6.33. The van der Waals surface area contributed by atoms with Gasteiger partial charge in [-0.3, -0.25) is 4.90 Å². The van der Waals surface area contributed by atoms with E-state index in [1.54, 1.807) is 0 Å². The average molecular weight is 285 g/mol. The minimum atomic E-state index is 0.228. The molecule has 0 bridgehead atoms. The fraction of sp³-hybridized carbons (Fsp3) is 1.00. The fourth-order valence-corrected chi connectivity index (χ4v) is 6.17. The third kappa shape index (κ3) is 3.30. The molecule has 2 fully saturated rings. The highest BCUT2D eigenvalue weighted by atomic mass is 32.2. The van der Waals surface area contributed by atoms with Gasteiger partial charge in [0.1, 0.15) is 0 Å². The van der Waals surface area contributed by atoms with E-state index in [2.05, 4.69) is 51.3 Å². The Morgan fingerprint density at radius 3 is 2.16 bits per heavy atom. The van der Waals surface area contributed by atoms with Crippen LogP contribution in [0.3, 0.4) is 0 Å². The SMILES string of the molecule is CC1CSCCN1C1(CN)CC(C)(C)CC(C)(C)C1. The summed E-state index contributed by atoms with van der Waals surface area (Å²) in [6.07, 6.45) is 3.84. The lowest BCUT2D eigenvalue weighted by Crippen LogP contribution is -2.64. The summed E-state index contributed by atoms with van der Waals surface area (Å²) in [6, 6.07) is 0.673. The third-order valence-corrected chi connectivity index (χ3v) is 6.12. The molecule has 1 atom stereocenters. The van der Waals surface area contributed by atoms with Crippen LogP contribution < -0.4 is 5.73 Å². The number of nitrogens with two attached hydrogens (primary N) is 1. The Morgan fingerprint density at radius 2 is 1.68 bits per heavy atom. The summed E-state index contributed by atoms with van der Waals surface area (Å²) in [5.41, 5.74) is 7.37. The molecule has 0 spiro atoms. The van der Waals surface area contributed by atoms with Gasteiger partial charge in [-0.1, -0.05) is 27.7 Å². The maximum Gasteiger partial charge on any atom is 0.0345 e. The van der Waals surface area contributed by atoms with Gasteiger partial charge in [0.05, 0.1) is 0 Å². The molecule has 1 aliphatic heterocycles. The van der Waals surface area contributed by atoms with Crippen molar-refractivity contribution < 1.29 is 0 Å². The number of nitrogens with zero attached hydrogens (tertiary/aromatic N) is 1. The van der Waals surface area contributed by atoms with E-state index in [0.29, 0.717) is 16.9 Å². The van der Waals surface area contributed by atoms with Gasteiger partial charge in [0.25, 0.3) is 0 Å². The van der Waals surface area contributed by atoms with Crippen LogP contribution in [0.2, 0.25) is 0 Å². The van der Waals surface area contributed by atoms with Crippen molar-refractivity contribution in [2.45, 2.75) is 65.5 Å². The molecule has 19 heavy (non-hydrogen) atoms. The zero-order valence-electron chi connectivity index (χ0n) is 13.5. The van der Waals surface area contributed by atoms with Gasteiger partial charge in [-0.15, -0.1) is 0 Å². The van der Waals surface area contributed by atoms with Crippen molar-refractivity contribution >= 4 is 11.8 Å². The largest absolute Gasteiger partial charge is 0.329 e. The van der Waals surface area contributed by atoms with Crippen molar-refractivity contribution in [1.29, 1.82) is 0 Å². The molecule has 2 rings (SSSR count). The summed E-state index contributed by atoms with van der Waals surface area (Å²) in [6.45, 7) is 14.1. The van der Waals surface area contributed by atoms with Gasteiger partial charge in [0.2, 0.25) is 0 Å². The van der Waals surface area contributed by atoms with E-state index in [0.717, 1.165) is 6.54 Å². The van der Waals surface area contributed by atoms with Gasteiger partial charge in [-0.2, -0.15) is 11.8 Å². The number of hydrogen-bond donors (Lipinski definition) is 1. The molecular formula is C16H32N2S. The van der Waals surface area contributed by atoms with Crippen LogP contribution in [0.4, 0.5) is 0 Å². The Hall–Kier alpha value is 0.270. The molecular weight excluding hydrogens is 252 g/mol. The zero-order valence-corrected chi connectivity index (χ0v) is 14.3. The molecule has 2 aliphatic rings. The Kier molecular flexibility index (Phi) is 4.31. The van der Waals surface area contributed by atoms with Gasteiger partial charge < -0.3 is 5.73 Å². The van der Waals surface area contributed by atoms with E-state index in [-0.39, 0.29) is 5.54 Å². The number of thioether (sulfide) groups is 1. The summed E-state index contributed by atoms with van der Waals surface area (Å²) < 4.78 is 0. The molecule has 0 aromatic heterocycles. The highest BCUT2D eigenvalue weighted by Gasteiger charge is 2.50. The van der Waals surface area contributed by atoms with Crippen LogP contribution in [0.15, 0.2) is 0 Å². The zero-order chi connectivity index (χ0) is 14.3. The minimum absolute atomic E-state index is 0.228. The molecule has 0 aromatic carbocycles. The number of rotatable bonds is 2. The van der Waals surface area contributed by atoms with Crippen LogP contribution in [0.1, 0.15) is 53.9 Å². The molecule has 3 heteroatoms. The molecule has 1 heterocycles. The van der Waals surface area contributed by atoms with Gasteiger partial charge in [-0.05, 0) is 37.0 Å². The Labute approximate surface area is 123 Å². The van der Waals surface area contributed by atoms with E-state index >= 15 is 0 Å². The van der Waals surface area contributed by atoms with Crippen molar-refractivity contribution in [1.82, 2.24) is 4.90 Å². The predicted molar refractivity (Wildman–Crippen MR) is 86.7 cm³/mol. The molecule has 0 radical (unpaired) electrons. The summed E-state index contributed by atoms with van der Waals surface area (Å²) in [4.78, 5) is 2.76. The smallest absolute Gasteiger partial charge is 0.0345 e. The van der Waals surface area contributed by atoms with Gasteiger partial charge in [0, 0.05) is 36.2 Å². The summed E-state index contributed by atoms with van der Waals surface area (Å²) in [7, 11) is 0. The standard InChI is InChI=1S/C16H32N2S/c1-13-8-19-7-6-18(13)16(12-17)10-14(2,3)9-15(4,5)11-16/h13H,6-12,17H2,1-5H3. The van der Waals surface area contributed by atoms with Crippen molar-refractivity contribution in [3.63, 3.8) is 0 Å². The molecule has 1 aliphatic carbocycles. The van der Waals surface area contributed by atoms with Gasteiger partial charge in [-0.25, -0.2) is 0 Å². The maximum absolute atomic E-state index is 6.33. The summed E-state index contributed by atoms with van der Waals surface area (Å²) >= 11 is 2.10. The second-order valence-electron chi connectivity index (χ2n) is 8.40. The highest BCUT2D eigenvalue weighted by molar-refractivity contribution is 7.99. The predicted octanol–water partition coefficient (Wildman–Crippen LogP) is 3.36. The minimum Gasteiger partial charge on any atom is -0.329 e. The first-order valence-electron chi connectivity index (χ1n) is 7.74. The van der Waals surface area contributed by atoms with E-state index in [1.165, 1.54) is 37.3 Å². The van der Waals surface area contributed by atoms with Crippen LogP contribution in [-0.2, 0) is 0 Å². The quantitative estimate of drug-likeness (QED) is 0.843. The molecule has 1 saturated heterocycles. The van der Waals surface area contributed by atoms with Crippen molar-refractivity contribution in [2.24, 2.45) is 16.6 Å². The second kappa shape index (κ2) is 5.23. The van der Waals surface area contributed by atoms with E-state index < -0.39 is 0 Å². The Balaban J connectivity index is 2.29. The van der Waals surface area contributed by atoms with Crippen LogP contribution >= 0.6 is 11.8 Å². The van der Waals surface area contributed by atoms with E-state index in [4.69, 9.17) is 5.73 Å². The topological polar surface area (TPSA) is 29.3 Å². The lowest BCUT2D eigenvalue weighted by molar-refractivity contribution is -0.0549. The van der Waals surface area contributed by atoms with Crippen molar-refractivity contribution in [3.05, 3.63) is 0 Å². The highest BCUT2D eigenvalue weighted by Crippen LogP contribution is 2.52. The molecule has 2 N–H and O–H groups in total. The van der Waals surface area contributed by atoms with Crippen LogP contribution in [0.5, 0.6) is 0 Å². The third-order valence-electron chi connectivity index (χ3n) is 4.93. The first kappa shape index (κ1) is 15.7. The Bertz CT molecular complexity index is 309. The lowest BCUT2D eigenvalue weighted by Gasteiger charge is -2.58. The van der Waals surface area contributed by atoms with Gasteiger partial charge in [0.15, 0.2) is 0 Å². The second-order valence-corrected chi connectivity index (χ2v) is 9.55. The first-order chi connectivity index (χ1) is 8.70. The van der Waals surface area contributed by atoms with Crippen LogP contribution in [-0.4, -0.2) is 41.1 Å². The van der Waals surface area contributed by atoms with E-state index in [9.17, 15) is 0 Å². The molecule has 1 unspecified atom stereocenters. The molecule has 1 saturated carbocycles. The lowest BCUT2D eigenvalue weighted by atomic mass is 9.57. The van der Waals surface area contributed by atoms with E-state index in [1.807, 2.05) is 0 Å². The monoisotopic (exact) mass is 284 g/mol. The van der Waals surface area contributed by atoms with Crippen LogP contribution in [0, 0.1) is 10.8 Å². The Morgan fingerprint density at radius 1 is 1.11 bits per heavy atom. The fourth-order valence-electron chi connectivity index (χ4n) is 5.16.